The average Bonchev–Trinajstić information content (AvgIpc) is 2.65. The van der Waals surface area contributed by atoms with E-state index < -0.39 is 86.3 Å². The summed E-state index contributed by atoms with van der Waals surface area (Å²) >= 11 is 0. The fraction of sp³-hybridized carbons (Fsp3) is 0.875. The summed E-state index contributed by atoms with van der Waals surface area (Å²) in [5.41, 5.74) is 0. The van der Waals surface area contributed by atoms with E-state index in [9.17, 15) is 40.2 Å². The van der Waals surface area contributed by atoms with Gasteiger partial charge in [-0.3, -0.25) is 9.59 Å². The van der Waals surface area contributed by atoms with E-state index in [1.807, 2.05) is 0 Å². The first-order chi connectivity index (χ1) is 13.6. The second-order valence-corrected chi connectivity index (χ2v) is 7.00. The van der Waals surface area contributed by atoms with Crippen LogP contribution in [0.15, 0.2) is 0 Å². The highest BCUT2D eigenvalue weighted by atomic mass is 16.7. The van der Waals surface area contributed by atoms with Gasteiger partial charge in [-0.1, -0.05) is 0 Å². The molecule has 2 saturated heterocycles. The number of hydrogen-bond donors (Lipinski definition) is 8. The Hall–Kier alpha value is -1.42. The van der Waals surface area contributed by atoms with Gasteiger partial charge in [-0.25, -0.2) is 0 Å². The summed E-state index contributed by atoms with van der Waals surface area (Å²) in [4.78, 5) is 22.8. The van der Waals surface area contributed by atoms with Gasteiger partial charge >= 0.3 is 0 Å². The topological polar surface area (TPSA) is 207 Å². The van der Waals surface area contributed by atoms with E-state index in [0.29, 0.717) is 0 Å². The SMILES string of the molecule is CC(=O)N[C@@H]1[C@H](O[C@H]2[C@H](O)[C@@H](NC(C)=O)[C@H](O)O[C@@H]2CO)O[C@@H](CO)[C@@H](O)[C@@H]1O. The molecule has 0 bridgehead atoms. The number of carbonyl (C=O) groups is 2. The van der Waals surface area contributed by atoms with Crippen molar-refractivity contribution in [3.8, 4) is 0 Å². The van der Waals surface area contributed by atoms with Crippen molar-refractivity contribution in [2.75, 3.05) is 13.2 Å². The first-order valence-corrected chi connectivity index (χ1v) is 9.05. The normalized spacial score (nSPS) is 42.9. The van der Waals surface area contributed by atoms with Crippen molar-refractivity contribution in [2.24, 2.45) is 0 Å². The predicted octanol–water partition coefficient (Wildman–Crippen LogP) is -5.11. The van der Waals surface area contributed by atoms with Gasteiger partial charge < -0.3 is 55.5 Å². The first kappa shape index (κ1) is 23.9. The van der Waals surface area contributed by atoms with Gasteiger partial charge in [0.15, 0.2) is 12.6 Å². The average molecular weight is 424 g/mol. The highest BCUT2D eigenvalue weighted by Crippen LogP contribution is 2.28. The molecule has 2 amide bonds. The minimum atomic E-state index is -1.64. The monoisotopic (exact) mass is 424 g/mol. The van der Waals surface area contributed by atoms with Crippen LogP contribution in [0.3, 0.4) is 0 Å². The molecule has 2 aliphatic heterocycles. The summed E-state index contributed by atoms with van der Waals surface area (Å²) in [5.74, 6) is -1.14. The van der Waals surface area contributed by atoms with Crippen LogP contribution in [0, 0.1) is 0 Å². The van der Waals surface area contributed by atoms with Crippen LogP contribution in [0.1, 0.15) is 13.8 Å². The second kappa shape index (κ2) is 10.1. The van der Waals surface area contributed by atoms with E-state index in [1.165, 1.54) is 0 Å². The van der Waals surface area contributed by atoms with Crippen LogP contribution in [0.5, 0.6) is 0 Å². The van der Waals surface area contributed by atoms with Gasteiger partial charge in [0.05, 0.1) is 13.2 Å². The van der Waals surface area contributed by atoms with Gasteiger partial charge in [-0.15, -0.1) is 0 Å². The Morgan fingerprint density at radius 1 is 0.828 bits per heavy atom. The maximum atomic E-state index is 11.5. The molecule has 2 fully saturated rings. The molecule has 0 aromatic carbocycles. The fourth-order valence-corrected chi connectivity index (χ4v) is 3.38. The van der Waals surface area contributed by atoms with E-state index in [2.05, 4.69) is 10.6 Å². The van der Waals surface area contributed by atoms with Crippen LogP contribution < -0.4 is 10.6 Å². The van der Waals surface area contributed by atoms with Gasteiger partial charge in [0.1, 0.15) is 48.7 Å². The molecule has 13 nitrogen and oxygen atoms in total. The largest absolute Gasteiger partial charge is 0.394 e. The Morgan fingerprint density at radius 3 is 1.90 bits per heavy atom. The molecule has 2 aliphatic rings. The zero-order valence-electron chi connectivity index (χ0n) is 15.9. The highest BCUT2D eigenvalue weighted by Gasteiger charge is 2.51. The third-order valence-corrected chi connectivity index (χ3v) is 4.78. The molecule has 13 heteroatoms. The molecule has 2 heterocycles. The molecule has 0 aromatic rings. The lowest BCUT2D eigenvalue weighted by atomic mass is 9.94. The minimum Gasteiger partial charge on any atom is -0.394 e. The zero-order chi connectivity index (χ0) is 21.9. The van der Waals surface area contributed by atoms with Gasteiger partial charge in [0, 0.05) is 13.8 Å². The van der Waals surface area contributed by atoms with E-state index in [4.69, 9.17) is 14.2 Å². The summed E-state index contributed by atoms with van der Waals surface area (Å²) in [6, 6.07) is -2.59. The Bertz CT molecular complexity index is 579. The van der Waals surface area contributed by atoms with E-state index in [-0.39, 0.29) is 0 Å². The summed E-state index contributed by atoms with van der Waals surface area (Å²) < 4.78 is 16.3. The second-order valence-electron chi connectivity index (χ2n) is 7.00. The molecule has 0 saturated carbocycles. The van der Waals surface area contributed by atoms with Gasteiger partial charge in [0.2, 0.25) is 11.8 Å². The molecule has 2 rings (SSSR count). The molecule has 0 aliphatic carbocycles. The molecule has 0 unspecified atom stereocenters. The number of nitrogens with one attached hydrogen (secondary N) is 2. The molecular formula is C16H28N2O11. The van der Waals surface area contributed by atoms with Crippen LogP contribution in [0.2, 0.25) is 0 Å². The third kappa shape index (κ3) is 5.39. The van der Waals surface area contributed by atoms with Crippen LogP contribution >= 0.6 is 0 Å². The Labute approximate surface area is 166 Å². The molecular weight excluding hydrogens is 396 g/mol. The van der Waals surface area contributed by atoms with Crippen LogP contribution in [-0.4, -0.2) is 117 Å². The number of rotatable bonds is 6. The Balaban J connectivity index is 2.26. The van der Waals surface area contributed by atoms with Crippen molar-refractivity contribution in [3.63, 3.8) is 0 Å². The van der Waals surface area contributed by atoms with Crippen molar-refractivity contribution >= 4 is 11.8 Å². The molecule has 8 N–H and O–H groups in total. The van der Waals surface area contributed by atoms with Crippen molar-refractivity contribution in [3.05, 3.63) is 0 Å². The molecule has 0 aromatic heterocycles. The van der Waals surface area contributed by atoms with Crippen LogP contribution in [0.25, 0.3) is 0 Å². The van der Waals surface area contributed by atoms with Crippen LogP contribution in [0.4, 0.5) is 0 Å². The van der Waals surface area contributed by atoms with E-state index in [0.717, 1.165) is 13.8 Å². The molecule has 10 atom stereocenters. The molecule has 29 heavy (non-hydrogen) atoms. The zero-order valence-corrected chi connectivity index (χ0v) is 15.9. The summed E-state index contributed by atoms with van der Waals surface area (Å²) in [5, 5.41) is 64.5. The number of ether oxygens (including phenoxy) is 3. The lowest BCUT2D eigenvalue weighted by Gasteiger charge is -2.47. The minimum absolute atomic E-state index is 0.568. The first-order valence-electron chi connectivity index (χ1n) is 9.05. The Morgan fingerprint density at radius 2 is 1.38 bits per heavy atom. The van der Waals surface area contributed by atoms with Crippen LogP contribution in [-0.2, 0) is 23.8 Å². The number of amides is 2. The fourth-order valence-electron chi connectivity index (χ4n) is 3.38. The standard InChI is InChI=1S/C16H28N2O11/c1-5(21)17-9-13(25)14(8(4-20)27-15(9)26)29-16-10(18-6(2)22)12(24)11(23)7(3-19)28-16/h7-16,19-20,23-26H,3-4H2,1-2H3,(H,17,21)(H,18,22)/t7-,8+,9+,10-,11+,12+,13+,14+,15+,16-/m0/s1. The van der Waals surface area contributed by atoms with Crippen molar-refractivity contribution in [1.29, 1.82) is 0 Å². The molecule has 168 valence electrons. The molecule has 0 radical (unpaired) electrons. The van der Waals surface area contributed by atoms with Crippen molar-refractivity contribution in [1.82, 2.24) is 10.6 Å². The number of aliphatic hydroxyl groups is 6. The number of carbonyl (C=O) groups excluding carboxylic acids is 2. The summed E-state index contributed by atoms with van der Waals surface area (Å²) in [6.07, 6.45) is -11.7. The highest BCUT2D eigenvalue weighted by molar-refractivity contribution is 5.73. The lowest BCUT2D eigenvalue weighted by Crippen LogP contribution is -2.69. The smallest absolute Gasteiger partial charge is 0.217 e. The quantitative estimate of drug-likeness (QED) is 0.202. The van der Waals surface area contributed by atoms with Gasteiger partial charge in [-0.05, 0) is 0 Å². The maximum Gasteiger partial charge on any atom is 0.217 e. The van der Waals surface area contributed by atoms with Crippen molar-refractivity contribution in [2.45, 2.75) is 75.1 Å². The predicted molar refractivity (Wildman–Crippen MR) is 91.8 cm³/mol. The number of aliphatic hydroxyl groups excluding tert-OH is 6. The summed E-state index contributed by atoms with van der Waals surface area (Å²) in [6.45, 7) is 0.962. The van der Waals surface area contributed by atoms with E-state index in [1.54, 1.807) is 0 Å². The third-order valence-electron chi connectivity index (χ3n) is 4.78. The lowest BCUT2D eigenvalue weighted by molar-refractivity contribution is -0.327. The van der Waals surface area contributed by atoms with E-state index >= 15 is 0 Å². The maximum absolute atomic E-state index is 11.5. The Kier molecular flexibility index (Phi) is 8.28. The molecule has 0 spiro atoms. The van der Waals surface area contributed by atoms with Gasteiger partial charge in [0.25, 0.3) is 0 Å². The van der Waals surface area contributed by atoms with Crippen molar-refractivity contribution < 1.29 is 54.4 Å². The number of hydrogen-bond acceptors (Lipinski definition) is 11. The van der Waals surface area contributed by atoms with Gasteiger partial charge in [-0.2, -0.15) is 0 Å². The summed E-state index contributed by atoms with van der Waals surface area (Å²) in [7, 11) is 0.